The molecule has 2 aromatic rings. The van der Waals surface area contributed by atoms with Crippen molar-refractivity contribution >= 4 is 34.0 Å². The number of hydrogen-bond acceptors (Lipinski definition) is 5. The van der Waals surface area contributed by atoms with E-state index in [9.17, 15) is 4.79 Å². The van der Waals surface area contributed by atoms with Crippen molar-refractivity contribution in [3.63, 3.8) is 0 Å². The van der Waals surface area contributed by atoms with Crippen LogP contribution in [0.25, 0.3) is 0 Å². The standard InChI is InChI=1S/C14H18ClN5OS/c1-9-6-16-20(7-9)10-4-5-19(8-10)13(21)11-12(15)17-14(22-11)18(2)3/h6-7,10H,4-5,8H2,1-3H3. The molecule has 1 aliphatic rings. The number of halogens is 1. The molecule has 22 heavy (non-hydrogen) atoms. The zero-order valence-electron chi connectivity index (χ0n) is 12.8. The Bertz CT molecular complexity index is 695. The molecule has 0 saturated carbocycles. The highest BCUT2D eigenvalue weighted by molar-refractivity contribution is 7.18. The van der Waals surface area contributed by atoms with E-state index in [0.29, 0.717) is 18.0 Å². The molecule has 3 rings (SSSR count). The average molecular weight is 340 g/mol. The lowest BCUT2D eigenvalue weighted by atomic mass is 10.3. The van der Waals surface area contributed by atoms with Crippen molar-refractivity contribution in [3.05, 3.63) is 28.0 Å². The quantitative estimate of drug-likeness (QED) is 0.862. The Balaban J connectivity index is 1.74. The number of carbonyl (C=O) groups is 1. The van der Waals surface area contributed by atoms with Gasteiger partial charge in [0.25, 0.3) is 5.91 Å². The van der Waals surface area contributed by atoms with Gasteiger partial charge in [0.1, 0.15) is 4.88 Å². The van der Waals surface area contributed by atoms with Gasteiger partial charge in [-0.1, -0.05) is 22.9 Å². The first-order valence-electron chi connectivity index (χ1n) is 7.09. The van der Waals surface area contributed by atoms with Crippen molar-refractivity contribution in [2.24, 2.45) is 0 Å². The van der Waals surface area contributed by atoms with Crippen LogP contribution in [0.15, 0.2) is 12.4 Å². The fourth-order valence-corrected chi connectivity index (χ4v) is 3.71. The molecule has 8 heteroatoms. The molecule has 2 aromatic heterocycles. The molecule has 0 aromatic carbocycles. The van der Waals surface area contributed by atoms with E-state index < -0.39 is 0 Å². The summed E-state index contributed by atoms with van der Waals surface area (Å²) < 4.78 is 1.95. The zero-order valence-corrected chi connectivity index (χ0v) is 14.4. The molecular formula is C14H18ClN5OS. The smallest absolute Gasteiger partial charge is 0.267 e. The third kappa shape index (κ3) is 2.83. The Morgan fingerprint density at radius 1 is 1.50 bits per heavy atom. The van der Waals surface area contributed by atoms with Gasteiger partial charge in [0, 0.05) is 33.4 Å². The van der Waals surface area contributed by atoms with E-state index >= 15 is 0 Å². The fraction of sp³-hybridized carbons (Fsp3) is 0.500. The van der Waals surface area contributed by atoms with Gasteiger partial charge in [-0.25, -0.2) is 4.98 Å². The topological polar surface area (TPSA) is 54.3 Å². The van der Waals surface area contributed by atoms with Crippen LogP contribution in [0.1, 0.15) is 27.7 Å². The van der Waals surface area contributed by atoms with Crippen molar-refractivity contribution in [3.8, 4) is 0 Å². The number of carbonyl (C=O) groups excluding carboxylic acids is 1. The third-order valence-corrected chi connectivity index (χ3v) is 5.30. The van der Waals surface area contributed by atoms with Gasteiger partial charge in [-0.3, -0.25) is 9.48 Å². The number of rotatable bonds is 3. The average Bonchev–Trinajstić information content (AvgIpc) is 3.16. The third-order valence-electron chi connectivity index (χ3n) is 3.71. The molecule has 1 atom stereocenters. The Labute approximate surface area is 138 Å². The molecule has 0 aliphatic carbocycles. The van der Waals surface area contributed by atoms with Crippen LogP contribution in [-0.2, 0) is 0 Å². The maximum atomic E-state index is 12.6. The molecule has 1 amide bonds. The van der Waals surface area contributed by atoms with Crippen LogP contribution in [0.5, 0.6) is 0 Å². The maximum Gasteiger partial charge on any atom is 0.267 e. The fourth-order valence-electron chi connectivity index (χ4n) is 2.53. The summed E-state index contributed by atoms with van der Waals surface area (Å²) in [6.07, 6.45) is 4.76. The van der Waals surface area contributed by atoms with E-state index in [1.54, 1.807) is 0 Å². The molecule has 3 heterocycles. The second kappa shape index (κ2) is 5.89. The Morgan fingerprint density at radius 2 is 2.27 bits per heavy atom. The highest BCUT2D eigenvalue weighted by atomic mass is 35.5. The number of nitrogens with zero attached hydrogens (tertiary/aromatic N) is 5. The number of amides is 1. The summed E-state index contributed by atoms with van der Waals surface area (Å²) in [6, 6.07) is 0.234. The lowest BCUT2D eigenvalue weighted by molar-refractivity contribution is 0.0792. The van der Waals surface area contributed by atoms with Crippen molar-refractivity contribution in [1.82, 2.24) is 19.7 Å². The lowest BCUT2D eigenvalue weighted by Crippen LogP contribution is -2.28. The van der Waals surface area contributed by atoms with Gasteiger partial charge in [0.15, 0.2) is 10.3 Å². The van der Waals surface area contributed by atoms with Crippen molar-refractivity contribution in [2.75, 3.05) is 32.1 Å². The van der Waals surface area contributed by atoms with Gasteiger partial charge in [-0.2, -0.15) is 5.10 Å². The minimum atomic E-state index is -0.0398. The van der Waals surface area contributed by atoms with E-state index in [1.807, 2.05) is 47.9 Å². The summed E-state index contributed by atoms with van der Waals surface area (Å²) in [7, 11) is 3.77. The van der Waals surface area contributed by atoms with E-state index in [-0.39, 0.29) is 17.1 Å². The molecular weight excluding hydrogens is 322 g/mol. The minimum absolute atomic E-state index is 0.0398. The normalized spacial score (nSPS) is 18.0. The van der Waals surface area contributed by atoms with E-state index in [4.69, 9.17) is 11.6 Å². The highest BCUT2D eigenvalue weighted by Crippen LogP contribution is 2.31. The molecule has 1 saturated heterocycles. The zero-order chi connectivity index (χ0) is 15.9. The molecule has 118 valence electrons. The number of thiazole rings is 1. The van der Waals surface area contributed by atoms with Crippen LogP contribution in [-0.4, -0.2) is 52.8 Å². The van der Waals surface area contributed by atoms with E-state index in [0.717, 1.165) is 17.1 Å². The van der Waals surface area contributed by atoms with Crippen LogP contribution in [0.3, 0.4) is 0 Å². The summed E-state index contributed by atoms with van der Waals surface area (Å²) in [5.41, 5.74) is 1.13. The molecule has 1 unspecified atom stereocenters. The lowest BCUT2D eigenvalue weighted by Gasteiger charge is -2.15. The second-order valence-corrected chi connectivity index (χ2v) is 7.04. The first-order valence-corrected chi connectivity index (χ1v) is 8.29. The number of anilines is 1. The monoisotopic (exact) mass is 339 g/mol. The van der Waals surface area contributed by atoms with Gasteiger partial charge < -0.3 is 9.80 Å². The van der Waals surface area contributed by atoms with Crippen LogP contribution in [0.2, 0.25) is 5.15 Å². The van der Waals surface area contributed by atoms with Crippen LogP contribution in [0.4, 0.5) is 5.13 Å². The molecule has 0 N–H and O–H groups in total. The van der Waals surface area contributed by atoms with Gasteiger partial charge in [-0.05, 0) is 18.9 Å². The molecule has 6 nitrogen and oxygen atoms in total. The van der Waals surface area contributed by atoms with Crippen LogP contribution < -0.4 is 4.90 Å². The summed E-state index contributed by atoms with van der Waals surface area (Å²) in [5, 5.41) is 5.38. The van der Waals surface area contributed by atoms with Gasteiger partial charge in [0.2, 0.25) is 0 Å². The van der Waals surface area contributed by atoms with Crippen molar-refractivity contribution < 1.29 is 4.79 Å². The Kier molecular flexibility index (Phi) is 4.10. The SMILES string of the molecule is Cc1cnn(C2CCN(C(=O)c3sc(N(C)C)nc3Cl)C2)c1. The summed E-state index contributed by atoms with van der Waals surface area (Å²) in [4.78, 5) is 21.1. The molecule has 0 bridgehead atoms. The predicted molar refractivity (Wildman–Crippen MR) is 88.0 cm³/mol. The summed E-state index contributed by atoms with van der Waals surface area (Å²) in [6.45, 7) is 3.39. The molecule has 0 spiro atoms. The second-order valence-electron chi connectivity index (χ2n) is 5.70. The maximum absolute atomic E-state index is 12.6. The number of aryl methyl sites for hydroxylation is 1. The molecule has 1 fully saturated rings. The number of hydrogen-bond donors (Lipinski definition) is 0. The molecule has 1 aliphatic heterocycles. The first-order chi connectivity index (χ1) is 10.5. The molecule has 0 radical (unpaired) electrons. The van der Waals surface area contributed by atoms with Gasteiger partial charge in [0.05, 0.1) is 12.2 Å². The largest absolute Gasteiger partial charge is 0.354 e. The van der Waals surface area contributed by atoms with Gasteiger partial charge >= 0.3 is 0 Å². The summed E-state index contributed by atoms with van der Waals surface area (Å²) >= 11 is 7.46. The minimum Gasteiger partial charge on any atom is -0.354 e. The van der Waals surface area contributed by atoms with Crippen LogP contribution in [0, 0.1) is 6.92 Å². The number of aromatic nitrogens is 3. The first kappa shape index (κ1) is 15.3. The predicted octanol–water partition coefficient (Wildman–Crippen LogP) is 2.45. The summed E-state index contributed by atoms with van der Waals surface area (Å²) in [5.74, 6) is -0.0398. The van der Waals surface area contributed by atoms with E-state index in [1.165, 1.54) is 11.3 Å². The van der Waals surface area contributed by atoms with Gasteiger partial charge in [-0.15, -0.1) is 0 Å². The van der Waals surface area contributed by atoms with Crippen molar-refractivity contribution in [1.29, 1.82) is 0 Å². The number of likely N-dealkylation sites (tertiary alicyclic amines) is 1. The van der Waals surface area contributed by atoms with Crippen molar-refractivity contribution in [2.45, 2.75) is 19.4 Å². The Morgan fingerprint density at radius 3 is 2.86 bits per heavy atom. The van der Waals surface area contributed by atoms with E-state index in [2.05, 4.69) is 10.1 Å². The highest BCUT2D eigenvalue weighted by Gasteiger charge is 2.31. The van der Waals surface area contributed by atoms with Crippen LogP contribution >= 0.6 is 22.9 Å². The Hall–Kier alpha value is -1.60.